The molecule has 0 amide bonds. The smallest absolute Gasteiger partial charge is 0.268 e. The summed E-state index contributed by atoms with van der Waals surface area (Å²) in [7, 11) is -3.78. The molecule has 0 aliphatic carbocycles. The molecule has 0 unspecified atom stereocenters. The standard InChI is InChI=1S/C29H22ClN3O2S/c1-20-14-16-22(17-15-20)36(34,35)33-19-21(23-8-3-6-12-27(23)33)18-32-28-13-7-5-11-26(28)31-29(32)24-9-2-4-10-25(24)30/h2-17,19H,18H2,1H3. The molecule has 178 valence electrons. The normalized spacial score (nSPS) is 11.9. The molecule has 0 saturated heterocycles. The SMILES string of the molecule is Cc1ccc(S(=O)(=O)n2cc(Cn3c(-c4ccccc4Cl)nc4ccccc43)c3ccccc32)cc1. The van der Waals surface area contributed by atoms with Crippen molar-refractivity contribution in [2.24, 2.45) is 0 Å². The van der Waals surface area contributed by atoms with E-state index in [1.165, 1.54) is 3.97 Å². The maximum absolute atomic E-state index is 13.6. The predicted octanol–water partition coefficient (Wildman–Crippen LogP) is 6.91. The number of imidazole rings is 1. The van der Waals surface area contributed by atoms with Crippen molar-refractivity contribution in [1.82, 2.24) is 13.5 Å². The Labute approximate surface area is 214 Å². The van der Waals surface area contributed by atoms with Gasteiger partial charge in [-0.05, 0) is 55.0 Å². The van der Waals surface area contributed by atoms with Gasteiger partial charge in [-0.2, -0.15) is 0 Å². The van der Waals surface area contributed by atoms with E-state index in [0.717, 1.165) is 38.9 Å². The molecular formula is C29H22ClN3O2S. The molecule has 6 rings (SSSR count). The van der Waals surface area contributed by atoms with Gasteiger partial charge in [-0.25, -0.2) is 17.4 Å². The van der Waals surface area contributed by atoms with Gasteiger partial charge in [-0.3, -0.25) is 0 Å². The lowest BCUT2D eigenvalue weighted by Gasteiger charge is -2.10. The van der Waals surface area contributed by atoms with Gasteiger partial charge in [0.2, 0.25) is 0 Å². The molecule has 5 nitrogen and oxygen atoms in total. The lowest BCUT2D eigenvalue weighted by atomic mass is 10.1. The van der Waals surface area contributed by atoms with Crippen LogP contribution in [0, 0.1) is 6.92 Å². The van der Waals surface area contributed by atoms with E-state index in [0.29, 0.717) is 17.1 Å². The first-order valence-electron chi connectivity index (χ1n) is 11.5. The monoisotopic (exact) mass is 511 g/mol. The Balaban J connectivity index is 1.55. The fraction of sp³-hybridized carbons (Fsp3) is 0.0690. The van der Waals surface area contributed by atoms with Crippen molar-refractivity contribution in [3.63, 3.8) is 0 Å². The van der Waals surface area contributed by atoms with E-state index in [1.807, 2.05) is 91.9 Å². The molecule has 7 heteroatoms. The molecule has 0 radical (unpaired) electrons. The molecule has 0 atom stereocenters. The largest absolute Gasteiger partial charge is 0.319 e. The molecule has 0 saturated carbocycles. The molecule has 0 spiro atoms. The van der Waals surface area contributed by atoms with Crippen LogP contribution in [0.25, 0.3) is 33.3 Å². The van der Waals surface area contributed by atoms with Gasteiger partial charge in [0.25, 0.3) is 10.0 Å². The number of aryl methyl sites for hydroxylation is 1. The number of hydrogen-bond donors (Lipinski definition) is 0. The topological polar surface area (TPSA) is 56.9 Å². The van der Waals surface area contributed by atoms with Crippen molar-refractivity contribution in [3.05, 3.63) is 119 Å². The maximum Gasteiger partial charge on any atom is 0.268 e. The minimum Gasteiger partial charge on any atom is -0.319 e. The quantitative estimate of drug-likeness (QED) is 0.253. The summed E-state index contributed by atoms with van der Waals surface area (Å²) in [5.41, 5.74) is 5.14. The second-order valence-electron chi connectivity index (χ2n) is 8.78. The van der Waals surface area contributed by atoms with Gasteiger partial charge in [0.1, 0.15) is 5.82 Å². The Morgan fingerprint density at radius 2 is 1.47 bits per heavy atom. The molecule has 0 aliphatic rings. The minimum absolute atomic E-state index is 0.255. The highest BCUT2D eigenvalue weighted by Gasteiger charge is 2.23. The van der Waals surface area contributed by atoms with Crippen LogP contribution in [-0.4, -0.2) is 21.9 Å². The van der Waals surface area contributed by atoms with E-state index < -0.39 is 10.0 Å². The first kappa shape index (κ1) is 22.6. The van der Waals surface area contributed by atoms with Crippen molar-refractivity contribution in [3.8, 4) is 11.4 Å². The van der Waals surface area contributed by atoms with Crippen LogP contribution < -0.4 is 0 Å². The third kappa shape index (κ3) is 3.70. The zero-order valence-electron chi connectivity index (χ0n) is 19.5. The highest BCUT2D eigenvalue weighted by atomic mass is 35.5. The number of benzene rings is 4. The Morgan fingerprint density at radius 1 is 0.806 bits per heavy atom. The van der Waals surface area contributed by atoms with Gasteiger partial charge in [0.15, 0.2) is 0 Å². The number of aromatic nitrogens is 3. The van der Waals surface area contributed by atoms with Gasteiger partial charge in [0.05, 0.1) is 33.0 Å². The number of nitrogens with zero attached hydrogens (tertiary/aromatic N) is 3. The van der Waals surface area contributed by atoms with E-state index in [2.05, 4.69) is 4.57 Å². The number of fused-ring (bicyclic) bond motifs is 2. The summed E-state index contributed by atoms with van der Waals surface area (Å²) in [6.45, 7) is 2.36. The zero-order valence-corrected chi connectivity index (χ0v) is 21.0. The fourth-order valence-corrected chi connectivity index (χ4v) is 6.23. The fourth-order valence-electron chi connectivity index (χ4n) is 4.62. The first-order valence-corrected chi connectivity index (χ1v) is 13.4. The number of para-hydroxylation sites is 3. The third-order valence-electron chi connectivity index (χ3n) is 6.44. The summed E-state index contributed by atoms with van der Waals surface area (Å²) in [5, 5.41) is 1.48. The summed E-state index contributed by atoms with van der Waals surface area (Å²) in [6, 6.07) is 30.0. The van der Waals surface area contributed by atoms with Crippen LogP contribution in [0.3, 0.4) is 0 Å². The van der Waals surface area contributed by atoms with E-state index >= 15 is 0 Å². The molecule has 0 N–H and O–H groups in total. The second-order valence-corrected chi connectivity index (χ2v) is 11.0. The Bertz CT molecular complexity index is 1850. The highest BCUT2D eigenvalue weighted by Crippen LogP contribution is 2.33. The van der Waals surface area contributed by atoms with Crippen LogP contribution in [0.2, 0.25) is 5.02 Å². The molecule has 0 bridgehead atoms. The van der Waals surface area contributed by atoms with E-state index in [9.17, 15) is 8.42 Å². The van der Waals surface area contributed by atoms with Crippen LogP contribution in [0.5, 0.6) is 0 Å². The van der Waals surface area contributed by atoms with Gasteiger partial charge in [-0.1, -0.05) is 71.8 Å². The molecule has 36 heavy (non-hydrogen) atoms. The van der Waals surface area contributed by atoms with E-state index in [-0.39, 0.29) is 4.90 Å². The Hall–Kier alpha value is -3.87. The Kier molecular flexibility index (Phi) is 5.43. The average Bonchev–Trinajstić information content (AvgIpc) is 3.44. The summed E-state index contributed by atoms with van der Waals surface area (Å²) in [5.74, 6) is 0.736. The molecule has 4 aromatic carbocycles. The first-order chi connectivity index (χ1) is 17.4. The minimum atomic E-state index is -3.78. The van der Waals surface area contributed by atoms with Crippen molar-refractivity contribution in [1.29, 1.82) is 0 Å². The van der Waals surface area contributed by atoms with Gasteiger partial charge < -0.3 is 4.57 Å². The van der Waals surface area contributed by atoms with E-state index in [1.54, 1.807) is 18.3 Å². The van der Waals surface area contributed by atoms with Crippen molar-refractivity contribution < 1.29 is 8.42 Å². The Morgan fingerprint density at radius 3 is 2.25 bits per heavy atom. The van der Waals surface area contributed by atoms with Crippen molar-refractivity contribution >= 4 is 43.6 Å². The number of hydrogen-bond acceptors (Lipinski definition) is 3. The third-order valence-corrected chi connectivity index (χ3v) is 8.45. The maximum atomic E-state index is 13.6. The second kappa shape index (κ2) is 8.66. The van der Waals surface area contributed by atoms with Crippen molar-refractivity contribution in [2.45, 2.75) is 18.4 Å². The predicted molar refractivity (Wildman–Crippen MR) is 145 cm³/mol. The lowest BCUT2D eigenvalue weighted by Crippen LogP contribution is -2.12. The molecular weight excluding hydrogens is 490 g/mol. The van der Waals surface area contributed by atoms with Crippen LogP contribution in [0.1, 0.15) is 11.1 Å². The number of rotatable bonds is 5. The molecule has 2 heterocycles. The number of halogens is 1. The van der Waals surface area contributed by atoms with Crippen LogP contribution in [0.4, 0.5) is 0 Å². The summed E-state index contributed by atoms with van der Waals surface area (Å²) >= 11 is 6.56. The molecule has 0 fully saturated rings. The van der Waals surface area contributed by atoms with Crippen LogP contribution in [0.15, 0.2) is 108 Å². The molecule has 2 aromatic heterocycles. The lowest BCUT2D eigenvalue weighted by molar-refractivity contribution is 0.589. The van der Waals surface area contributed by atoms with Gasteiger partial charge in [0, 0.05) is 17.1 Å². The zero-order chi connectivity index (χ0) is 24.9. The molecule has 0 aliphatic heterocycles. The van der Waals surface area contributed by atoms with Gasteiger partial charge >= 0.3 is 0 Å². The highest BCUT2D eigenvalue weighted by molar-refractivity contribution is 7.90. The summed E-state index contributed by atoms with van der Waals surface area (Å²) < 4.78 is 30.8. The summed E-state index contributed by atoms with van der Waals surface area (Å²) in [4.78, 5) is 5.14. The van der Waals surface area contributed by atoms with Crippen molar-refractivity contribution in [2.75, 3.05) is 0 Å². The van der Waals surface area contributed by atoms with Crippen LogP contribution in [-0.2, 0) is 16.6 Å². The average molecular weight is 512 g/mol. The molecule has 6 aromatic rings. The summed E-state index contributed by atoms with van der Waals surface area (Å²) in [6.07, 6.45) is 1.73. The van der Waals surface area contributed by atoms with Crippen LogP contribution >= 0.6 is 11.6 Å². The van der Waals surface area contributed by atoms with E-state index in [4.69, 9.17) is 16.6 Å². The van der Waals surface area contributed by atoms with Gasteiger partial charge in [-0.15, -0.1) is 0 Å².